The van der Waals surface area contributed by atoms with E-state index in [1.807, 2.05) is 63.2 Å². The van der Waals surface area contributed by atoms with Crippen molar-refractivity contribution in [3.05, 3.63) is 75.6 Å². The summed E-state index contributed by atoms with van der Waals surface area (Å²) in [5.41, 5.74) is 4.39. The third kappa shape index (κ3) is 3.08. The number of anilines is 1. The number of pyridine rings is 1. The maximum absolute atomic E-state index is 12.5. The highest BCUT2D eigenvalue weighted by atomic mass is 16.2. The first-order chi connectivity index (χ1) is 11.5. The minimum absolute atomic E-state index is 0.00694. The molecule has 3 rings (SSSR count). The van der Waals surface area contributed by atoms with Gasteiger partial charge in [-0.3, -0.25) is 14.2 Å². The lowest BCUT2D eigenvalue weighted by Gasteiger charge is -2.13. The minimum Gasteiger partial charge on any atom is -0.324 e. The van der Waals surface area contributed by atoms with Gasteiger partial charge in [-0.2, -0.15) is 0 Å². The van der Waals surface area contributed by atoms with Crippen LogP contribution in [0.4, 0.5) is 5.69 Å². The average molecular weight is 320 g/mol. The molecule has 0 bridgehead atoms. The van der Waals surface area contributed by atoms with Gasteiger partial charge in [-0.15, -0.1) is 0 Å². The predicted octanol–water partition coefficient (Wildman–Crippen LogP) is 3.57. The molecule has 2 aromatic carbocycles. The second-order valence-corrected chi connectivity index (χ2v) is 6.14. The van der Waals surface area contributed by atoms with E-state index in [2.05, 4.69) is 5.32 Å². The summed E-state index contributed by atoms with van der Waals surface area (Å²) in [7, 11) is 0. The Hall–Kier alpha value is -2.88. The molecule has 0 radical (unpaired) electrons. The highest BCUT2D eigenvalue weighted by Crippen LogP contribution is 2.18. The summed E-state index contributed by atoms with van der Waals surface area (Å²) in [4.78, 5) is 24.8. The molecule has 1 N–H and O–H groups in total. The van der Waals surface area contributed by atoms with Crippen LogP contribution in [-0.2, 0) is 11.3 Å². The molecular weight excluding hydrogens is 300 g/mol. The van der Waals surface area contributed by atoms with Crippen molar-refractivity contribution in [1.82, 2.24) is 4.57 Å². The molecule has 3 aromatic rings. The summed E-state index contributed by atoms with van der Waals surface area (Å²) in [6.45, 7) is 5.83. The van der Waals surface area contributed by atoms with Crippen molar-refractivity contribution in [3.8, 4) is 0 Å². The predicted molar refractivity (Wildman–Crippen MR) is 97.5 cm³/mol. The Bertz CT molecular complexity index is 987. The topological polar surface area (TPSA) is 51.1 Å². The first kappa shape index (κ1) is 16.0. The van der Waals surface area contributed by atoms with Crippen molar-refractivity contribution < 1.29 is 4.79 Å². The smallest absolute Gasteiger partial charge is 0.251 e. The molecule has 4 heteroatoms. The second kappa shape index (κ2) is 6.32. The van der Waals surface area contributed by atoms with E-state index in [-0.39, 0.29) is 18.0 Å². The maximum atomic E-state index is 12.5. The number of nitrogens with zero attached hydrogens (tertiary/aromatic N) is 1. The Kier molecular flexibility index (Phi) is 4.21. The number of hydrogen-bond acceptors (Lipinski definition) is 2. The van der Waals surface area contributed by atoms with Crippen molar-refractivity contribution in [2.24, 2.45) is 0 Å². The van der Waals surface area contributed by atoms with E-state index >= 15 is 0 Å². The monoisotopic (exact) mass is 320 g/mol. The number of nitrogens with one attached hydrogen (secondary N) is 1. The number of rotatable bonds is 3. The molecule has 0 saturated heterocycles. The quantitative estimate of drug-likeness (QED) is 0.802. The van der Waals surface area contributed by atoms with Crippen LogP contribution in [0.15, 0.2) is 53.3 Å². The molecule has 0 aliphatic rings. The van der Waals surface area contributed by atoms with E-state index in [0.29, 0.717) is 0 Å². The summed E-state index contributed by atoms with van der Waals surface area (Å²) >= 11 is 0. The van der Waals surface area contributed by atoms with Gasteiger partial charge in [0.1, 0.15) is 6.54 Å². The normalized spacial score (nSPS) is 10.8. The van der Waals surface area contributed by atoms with E-state index in [1.54, 1.807) is 6.07 Å². The number of hydrogen-bond donors (Lipinski definition) is 1. The standard InChI is InChI=1S/C20H20N2O2/c1-13-8-9-14(2)17(10-13)21-19(23)12-22-18-7-5-4-6-16(18)15(3)11-20(22)24/h4-11H,12H2,1-3H3,(H,21,23). The largest absolute Gasteiger partial charge is 0.324 e. The molecular formula is C20H20N2O2. The van der Waals surface area contributed by atoms with Gasteiger partial charge in [0.25, 0.3) is 5.56 Å². The fourth-order valence-electron chi connectivity index (χ4n) is 2.87. The number of fused-ring (bicyclic) bond motifs is 1. The van der Waals surface area contributed by atoms with Gasteiger partial charge in [-0.25, -0.2) is 0 Å². The van der Waals surface area contributed by atoms with E-state index < -0.39 is 0 Å². The van der Waals surface area contributed by atoms with E-state index in [4.69, 9.17) is 0 Å². The molecule has 122 valence electrons. The Morgan fingerprint density at radius 3 is 2.54 bits per heavy atom. The molecule has 0 aliphatic heterocycles. The lowest BCUT2D eigenvalue weighted by molar-refractivity contribution is -0.116. The molecule has 0 unspecified atom stereocenters. The van der Waals surface area contributed by atoms with Gasteiger partial charge in [0.2, 0.25) is 5.91 Å². The maximum Gasteiger partial charge on any atom is 0.251 e. The van der Waals surface area contributed by atoms with Crippen LogP contribution >= 0.6 is 0 Å². The van der Waals surface area contributed by atoms with Gasteiger partial charge >= 0.3 is 0 Å². The molecule has 1 aromatic heterocycles. The van der Waals surface area contributed by atoms with Crippen LogP contribution in [0, 0.1) is 20.8 Å². The summed E-state index contributed by atoms with van der Waals surface area (Å²) in [5.74, 6) is -0.209. The number of amides is 1. The van der Waals surface area contributed by atoms with Crippen LogP contribution in [-0.4, -0.2) is 10.5 Å². The zero-order valence-electron chi connectivity index (χ0n) is 14.1. The van der Waals surface area contributed by atoms with Crippen LogP contribution in [0.1, 0.15) is 16.7 Å². The lowest BCUT2D eigenvalue weighted by atomic mass is 10.1. The van der Waals surface area contributed by atoms with Crippen LogP contribution < -0.4 is 10.9 Å². The number of carbonyl (C=O) groups excluding carboxylic acids is 1. The van der Waals surface area contributed by atoms with Crippen LogP contribution in [0.2, 0.25) is 0 Å². The molecule has 0 atom stereocenters. The Labute approximate surface area is 140 Å². The van der Waals surface area contributed by atoms with Crippen molar-refractivity contribution in [3.63, 3.8) is 0 Å². The van der Waals surface area contributed by atoms with Gasteiger partial charge in [-0.05, 0) is 49.6 Å². The summed E-state index contributed by atoms with van der Waals surface area (Å²) < 4.78 is 1.52. The third-order valence-corrected chi connectivity index (χ3v) is 4.19. The van der Waals surface area contributed by atoms with Gasteiger partial charge in [0.05, 0.1) is 5.52 Å². The molecule has 0 saturated carbocycles. The first-order valence-electron chi connectivity index (χ1n) is 7.92. The van der Waals surface area contributed by atoms with Gasteiger partial charge in [0.15, 0.2) is 0 Å². The minimum atomic E-state index is -0.209. The van der Waals surface area contributed by atoms with Crippen molar-refractivity contribution in [2.45, 2.75) is 27.3 Å². The zero-order chi connectivity index (χ0) is 17.3. The molecule has 1 heterocycles. The fourth-order valence-corrected chi connectivity index (χ4v) is 2.87. The summed E-state index contributed by atoms with van der Waals surface area (Å²) in [6.07, 6.45) is 0. The molecule has 1 amide bonds. The van der Waals surface area contributed by atoms with Gasteiger partial charge in [-0.1, -0.05) is 30.3 Å². The van der Waals surface area contributed by atoms with Crippen LogP contribution in [0.25, 0.3) is 10.9 Å². The number of carbonyl (C=O) groups is 1. The number of benzene rings is 2. The van der Waals surface area contributed by atoms with Crippen molar-refractivity contribution >= 4 is 22.5 Å². The Morgan fingerprint density at radius 1 is 1.00 bits per heavy atom. The Balaban J connectivity index is 1.94. The molecule has 0 spiro atoms. The Morgan fingerprint density at radius 2 is 1.75 bits per heavy atom. The summed E-state index contributed by atoms with van der Waals surface area (Å²) in [5, 5.41) is 3.89. The van der Waals surface area contributed by atoms with Crippen LogP contribution in [0.3, 0.4) is 0 Å². The zero-order valence-corrected chi connectivity index (χ0v) is 14.1. The van der Waals surface area contributed by atoms with E-state index in [0.717, 1.165) is 33.3 Å². The van der Waals surface area contributed by atoms with Crippen LogP contribution in [0.5, 0.6) is 0 Å². The highest BCUT2D eigenvalue weighted by Gasteiger charge is 2.11. The SMILES string of the molecule is Cc1ccc(C)c(NC(=O)Cn2c(=O)cc(C)c3ccccc32)c1. The van der Waals surface area contributed by atoms with Crippen molar-refractivity contribution in [1.29, 1.82) is 0 Å². The third-order valence-electron chi connectivity index (χ3n) is 4.19. The first-order valence-corrected chi connectivity index (χ1v) is 7.92. The lowest BCUT2D eigenvalue weighted by Crippen LogP contribution is -2.28. The highest BCUT2D eigenvalue weighted by molar-refractivity contribution is 5.92. The van der Waals surface area contributed by atoms with E-state index in [9.17, 15) is 9.59 Å². The average Bonchev–Trinajstić information content (AvgIpc) is 2.55. The molecule has 0 fully saturated rings. The summed E-state index contributed by atoms with van der Waals surface area (Å²) in [6, 6.07) is 15.1. The second-order valence-electron chi connectivity index (χ2n) is 6.14. The number of aromatic nitrogens is 1. The van der Waals surface area contributed by atoms with Crippen molar-refractivity contribution in [2.75, 3.05) is 5.32 Å². The van der Waals surface area contributed by atoms with Gasteiger partial charge in [0, 0.05) is 17.1 Å². The van der Waals surface area contributed by atoms with Gasteiger partial charge < -0.3 is 5.32 Å². The fraction of sp³-hybridized carbons (Fsp3) is 0.200. The molecule has 4 nitrogen and oxygen atoms in total. The molecule has 0 aliphatic carbocycles. The number of aryl methyl sites for hydroxylation is 3. The number of para-hydroxylation sites is 1. The molecule has 24 heavy (non-hydrogen) atoms. The van der Waals surface area contributed by atoms with E-state index in [1.165, 1.54) is 4.57 Å².